The highest BCUT2D eigenvalue weighted by Crippen LogP contribution is 2.64. The van der Waals surface area contributed by atoms with Crippen LogP contribution in [0, 0.1) is 23.7 Å². The second-order valence-electron chi connectivity index (χ2n) is 15.4. The van der Waals surface area contributed by atoms with E-state index in [0.717, 1.165) is 16.7 Å². The first-order valence-corrected chi connectivity index (χ1v) is 19.5. The summed E-state index contributed by atoms with van der Waals surface area (Å²) in [5, 5.41) is 11.5. The lowest BCUT2D eigenvalue weighted by Crippen LogP contribution is -2.58. The van der Waals surface area contributed by atoms with Crippen molar-refractivity contribution >= 4 is 46.8 Å². The van der Waals surface area contributed by atoms with Gasteiger partial charge >= 0.3 is 0 Å². The summed E-state index contributed by atoms with van der Waals surface area (Å²) in [4.78, 5) is 60.7. The molecule has 6 unspecified atom stereocenters. The third-order valence-corrected chi connectivity index (χ3v) is 12.7. The third-order valence-electron chi connectivity index (χ3n) is 12.7. The van der Waals surface area contributed by atoms with E-state index in [2.05, 4.69) is 0 Å². The molecule has 2 amide bonds. The molecule has 0 bridgehead atoms. The van der Waals surface area contributed by atoms with Crippen LogP contribution in [0.1, 0.15) is 46.6 Å². The maximum absolute atomic E-state index is 15.2. The van der Waals surface area contributed by atoms with Crippen LogP contribution in [0.5, 0.6) is 17.2 Å². The fourth-order valence-corrected chi connectivity index (χ4v) is 10.1. The topological polar surface area (TPSA) is 110 Å². The fourth-order valence-electron chi connectivity index (χ4n) is 10.1. The Bertz CT molecular complexity index is 2560. The highest BCUT2D eigenvalue weighted by Gasteiger charge is 2.66. The summed E-state index contributed by atoms with van der Waals surface area (Å²) >= 11 is 0. The lowest BCUT2D eigenvalue weighted by Gasteiger charge is -2.55. The minimum atomic E-state index is -1.41. The summed E-state index contributed by atoms with van der Waals surface area (Å²) < 4.78 is 10.9. The van der Waals surface area contributed by atoms with E-state index in [1.54, 1.807) is 44.6 Å². The van der Waals surface area contributed by atoms with Crippen LogP contribution in [-0.2, 0) is 24.6 Å². The van der Waals surface area contributed by atoms with Crippen molar-refractivity contribution in [2.45, 2.75) is 24.2 Å². The van der Waals surface area contributed by atoms with Crippen molar-refractivity contribution < 1.29 is 33.8 Å². The van der Waals surface area contributed by atoms with Gasteiger partial charge < -0.3 is 14.6 Å². The molecular weight excluding hydrogens is 727 g/mol. The van der Waals surface area contributed by atoms with E-state index in [9.17, 15) is 14.7 Å². The molecule has 3 aliphatic carbocycles. The number of rotatable bonds is 8. The van der Waals surface area contributed by atoms with Gasteiger partial charge in [0.05, 0.1) is 37.2 Å². The predicted octanol–water partition coefficient (Wildman–Crippen LogP) is 8.61. The van der Waals surface area contributed by atoms with Crippen molar-refractivity contribution in [3.8, 4) is 17.2 Å². The highest BCUT2D eigenvalue weighted by molar-refractivity contribution is 6.32. The van der Waals surface area contributed by atoms with Gasteiger partial charge in [0.1, 0.15) is 17.2 Å². The minimum absolute atomic E-state index is 0.00208. The van der Waals surface area contributed by atoms with Gasteiger partial charge in [-0.3, -0.25) is 24.1 Å². The van der Waals surface area contributed by atoms with E-state index < -0.39 is 35.0 Å². The van der Waals surface area contributed by atoms with Crippen molar-refractivity contribution in [2.24, 2.45) is 23.7 Å². The number of Topliss-reactive ketones (excluding diaryl/α,β-unsaturated/α-hetero) is 1. The van der Waals surface area contributed by atoms with E-state index in [1.807, 2.05) is 115 Å². The lowest BCUT2D eigenvalue weighted by molar-refractivity contribution is -0.135. The number of amides is 2. The van der Waals surface area contributed by atoms with E-state index in [0.29, 0.717) is 39.4 Å². The maximum Gasteiger partial charge on any atom is 0.238 e. The zero-order valence-electron chi connectivity index (χ0n) is 32.1. The average Bonchev–Trinajstić information content (AvgIpc) is 3.52. The van der Waals surface area contributed by atoms with Crippen LogP contribution in [0.4, 0.5) is 5.69 Å². The summed E-state index contributed by atoms with van der Waals surface area (Å²) in [6.45, 7) is 0. The van der Waals surface area contributed by atoms with Crippen molar-refractivity contribution in [1.29, 1.82) is 0 Å². The Hall–Kier alpha value is -6.80. The number of carbonyl (C=O) groups excluding carboxylic acids is 4. The number of ketones is 2. The second kappa shape index (κ2) is 14.6. The molecule has 1 saturated heterocycles. The number of phenolic OH excluding ortho intramolecular Hbond substituents is 1. The van der Waals surface area contributed by atoms with Crippen LogP contribution >= 0.6 is 0 Å². The number of para-hydroxylation sites is 1. The zero-order valence-corrected chi connectivity index (χ0v) is 32.1. The van der Waals surface area contributed by atoms with Gasteiger partial charge in [-0.05, 0) is 77.9 Å². The largest absolute Gasteiger partial charge is 0.508 e. The summed E-state index contributed by atoms with van der Waals surface area (Å²) in [5.41, 5.74) is 3.69. The van der Waals surface area contributed by atoms with E-state index in [1.165, 1.54) is 11.0 Å². The molecule has 8 heteroatoms. The number of hydrogen-bond acceptors (Lipinski definition) is 7. The first-order chi connectivity index (χ1) is 28.3. The Morgan fingerprint density at radius 2 is 1.45 bits per heavy atom. The number of nitrogens with zero attached hydrogens (tertiary/aromatic N) is 1. The molecule has 9 rings (SSSR count). The van der Waals surface area contributed by atoms with E-state index in [-0.39, 0.29) is 42.0 Å². The highest BCUT2D eigenvalue weighted by atomic mass is 16.5. The van der Waals surface area contributed by atoms with Crippen LogP contribution in [0.3, 0.4) is 0 Å². The first-order valence-electron chi connectivity index (χ1n) is 19.5. The molecule has 0 aromatic heterocycles. The van der Waals surface area contributed by atoms with Crippen LogP contribution in [-0.4, -0.2) is 42.7 Å². The summed E-state index contributed by atoms with van der Waals surface area (Å²) in [6.07, 6.45) is 7.80. The average molecular weight is 768 g/mol. The van der Waals surface area contributed by atoms with Crippen LogP contribution in [0.2, 0.25) is 0 Å². The second-order valence-corrected chi connectivity index (χ2v) is 15.4. The maximum atomic E-state index is 15.2. The number of hydrogen-bond donors (Lipinski definition) is 1. The fraction of sp³-hybridized carbons (Fsp3) is 0.200. The van der Waals surface area contributed by atoms with E-state index in [4.69, 9.17) is 9.47 Å². The lowest BCUT2D eigenvalue weighted by atomic mass is 9.44. The van der Waals surface area contributed by atoms with Crippen LogP contribution < -0.4 is 14.4 Å². The van der Waals surface area contributed by atoms with Gasteiger partial charge in [-0.1, -0.05) is 115 Å². The number of anilines is 1. The summed E-state index contributed by atoms with van der Waals surface area (Å²) in [5.74, 6) is -3.27. The Morgan fingerprint density at radius 3 is 2.16 bits per heavy atom. The quantitative estimate of drug-likeness (QED) is 0.0957. The van der Waals surface area contributed by atoms with Gasteiger partial charge in [0.25, 0.3) is 0 Å². The number of phenols is 1. The molecule has 288 valence electrons. The van der Waals surface area contributed by atoms with Crippen molar-refractivity contribution in [2.75, 3.05) is 19.1 Å². The number of benzene rings is 5. The van der Waals surface area contributed by atoms with Crippen molar-refractivity contribution in [1.82, 2.24) is 0 Å². The molecule has 5 aromatic rings. The zero-order chi connectivity index (χ0) is 40.1. The Labute approximate surface area is 336 Å². The molecule has 1 saturated carbocycles. The Kier molecular flexibility index (Phi) is 9.27. The monoisotopic (exact) mass is 767 g/mol. The Morgan fingerprint density at radius 1 is 0.741 bits per heavy atom. The number of fused-ring (bicyclic) bond motifs is 4. The number of aromatic hydroxyl groups is 1. The number of methoxy groups -OCH3 is 2. The molecule has 1 heterocycles. The molecule has 2 fully saturated rings. The smallest absolute Gasteiger partial charge is 0.238 e. The molecule has 0 spiro atoms. The van der Waals surface area contributed by atoms with Gasteiger partial charge in [0.2, 0.25) is 11.8 Å². The van der Waals surface area contributed by atoms with Gasteiger partial charge in [-0.25, -0.2) is 0 Å². The molecule has 5 aromatic carbocycles. The molecule has 6 atom stereocenters. The normalized spacial score (nSPS) is 25.1. The molecular formula is C50H41NO7. The van der Waals surface area contributed by atoms with Crippen molar-refractivity contribution in [3.05, 3.63) is 173 Å². The van der Waals surface area contributed by atoms with Gasteiger partial charge in [-0.15, -0.1) is 0 Å². The number of imide groups is 1. The third kappa shape index (κ3) is 5.73. The first kappa shape index (κ1) is 36.8. The minimum Gasteiger partial charge on any atom is -0.508 e. The van der Waals surface area contributed by atoms with Crippen LogP contribution in [0.15, 0.2) is 145 Å². The molecule has 1 N–H and O–H groups in total. The molecule has 1 aliphatic heterocycles. The number of allylic oxidation sites excluding steroid dienone is 4. The molecule has 58 heavy (non-hydrogen) atoms. The van der Waals surface area contributed by atoms with Gasteiger partial charge in [0.15, 0.2) is 11.6 Å². The predicted molar refractivity (Wildman–Crippen MR) is 222 cm³/mol. The number of carbonyl (C=O) groups is 4. The number of ether oxygens (including phenoxy) is 2. The summed E-state index contributed by atoms with van der Waals surface area (Å²) in [6, 6.07) is 38.3. The van der Waals surface area contributed by atoms with Gasteiger partial charge in [-0.2, -0.15) is 0 Å². The standard InChI is InChI=1S/C50H41NO7/c1-57-35-23-26-43(58-2)32(27-35)20-17-30-18-21-34(22-19-30)51-48(55)38-25-24-36-40(45(38)49(51)56)28-41-47(54)39(31-11-5-3-6-12-31)29-44(53)50(41,33-13-7-4-8-14-33)46(36)37-15-9-10-16-42(37)52/h3-24,26-27,29,38,40-41,45-46,52H,25,28H2,1-2H3. The Balaban J connectivity index is 1.12. The molecule has 4 aliphatic rings. The molecule has 8 nitrogen and oxygen atoms in total. The van der Waals surface area contributed by atoms with Crippen LogP contribution in [0.25, 0.3) is 17.7 Å². The van der Waals surface area contributed by atoms with E-state index >= 15 is 9.59 Å². The SMILES string of the molecule is COc1ccc(OC)c(C=Cc2ccc(N3C(=O)C4CC=C5C(CC6C(=O)C(c7ccccc7)=CC(=O)C6(c6ccccc6)C5c5ccccc5O)C4C3=O)cc2)c1. The van der Waals surface area contributed by atoms with Crippen molar-refractivity contribution in [3.63, 3.8) is 0 Å². The van der Waals surface area contributed by atoms with Gasteiger partial charge in [0, 0.05) is 28.5 Å². The molecule has 0 radical (unpaired) electrons. The summed E-state index contributed by atoms with van der Waals surface area (Å²) in [7, 11) is 3.22.